The molecule has 0 heteroatoms. The lowest BCUT2D eigenvalue weighted by molar-refractivity contribution is 1.44. The van der Waals surface area contributed by atoms with Gasteiger partial charge in [-0.3, -0.25) is 0 Å². The van der Waals surface area contributed by atoms with Crippen LogP contribution in [0, 0.1) is 6.92 Å². The molecule has 0 spiro atoms. The first kappa shape index (κ1) is 13.4. The predicted molar refractivity (Wildman–Crippen MR) is 93.4 cm³/mol. The standard InChI is InChI=1S/C21H18/c1-3-4-12-18-16(2)9-7-14-20(18)21-15-8-11-17-10-5-6-13-19(17)21/h3-15H,1H2,2H3/b12-4-. The van der Waals surface area contributed by atoms with E-state index in [2.05, 4.69) is 80.2 Å². The van der Waals surface area contributed by atoms with Gasteiger partial charge in [0, 0.05) is 0 Å². The maximum Gasteiger partial charge on any atom is -0.00993 e. The average Bonchev–Trinajstić information content (AvgIpc) is 2.53. The topological polar surface area (TPSA) is 0 Å². The van der Waals surface area contributed by atoms with E-state index < -0.39 is 0 Å². The van der Waals surface area contributed by atoms with Crippen LogP contribution in [0.4, 0.5) is 0 Å². The molecule has 3 rings (SSSR count). The molecule has 0 bridgehead atoms. The van der Waals surface area contributed by atoms with Crippen LogP contribution in [0.25, 0.3) is 28.0 Å². The van der Waals surface area contributed by atoms with Gasteiger partial charge in [-0.05, 0) is 39.9 Å². The van der Waals surface area contributed by atoms with Crippen LogP contribution < -0.4 is 0 Å². The fourth-order valence-electron chi connectivity index (χ4n) is 2.76. The summed E-state index contributed by atoms with van der Waals surface area (Å²) in [5.41, 5.74) is 5.08. The Balaban J connectivity index is 2.31. The molecule has 0 saturated carbocycles. The van der Waals surface area contributed by atoms with Crippen molar-refractivity contribution in [3.8, 4) is 11.1 Å². The third kappa shape index (κ3) is 2.53. The Hall–Kier alpha value is -2.60. The molecule has 0 aromatic heterocycles. The molecule has 3 aromatic carbocycles. The van der Waals surface area contributed by atoms with Gasteiger partial charge in [-0.1, -0.05) is 85.5 Å². The van der Waals surface area contributed by atoms with E-state index in [1.165, 1.54) is 33.0 Å². The summed E-state index contributed by atoms with van der Waals surface area (Å²) in [6.45, 7) is 5.92. The highest BCUT2D eigenvalue weighted by molar-refractivity contribution is 5.98. The summed E-state index contributed by atoms with van der Waals surface area (Å²) in [6, 6.07) is 21.5. The monoisotopic (exact) mass is 270 g/mol. The first-order valence-corrected chi connectivity index (χ1v) is 7.18. The quantitative estimate of drug-likeness (QED) is 0.511. The van der Waals surface area contributed by atoms with Gasteiger partial charge < -0.3 is 0 Å². The minimum atomic E-state index is 1.26. The molecule has 0 nitrogen and oxygen atoms in total. The molecule has 0 atom stereocenters. The third-order valence-corrected chi connectivity index (χ3v) is 3.80. The van der Waals surface area contributed by atoms with E-state index in [0.29, 0.717) is 0 Å². The second kappa shape index (κ2) is 5.80. The highest BCUT2D eigenvalue weighted by atomic mass is 14.1. The number of aryl methyl sites for hydroxylation is 1. The van der Waals surface area contributed by atoms with Crippen molar-refractivity contribution < 1.29 is 0 Å². The number of fused-ring (bicyclic) bond motifs is 1. The van der Waals surface area contributed by atoms with Gasteiger partial charge in [0.1, 0.15) is 0 Å². The van der Waals surface area contributed by atoms with Gasteiger partial charge in [-0.15, -0.1) is 0 Å². The SMILES string of the molecule is C=C/C=C\c1c(C)cccc1-c1cccc2ccccc12. The lowest BCUT2D eigenvalue weighted by Crippen LogP contribution is -1.88. The van der Waals surface area contributed by atoms with Crippen molar-refractivity contribution in [2.24, 2.45) is 0 Å². The van der Waals surface area contributed by atoms with Crippen LogP contribution in [0.15, 0.2) is 79.4 Å². The number of benzene rings is 3. The fraction of sp³-hybridized carbons (Fsp3) is 0.0476. The summed E-state index contributed by atoms with van der Waals surface area (Å²) in [7, 11) is 0. The van der Waals surface area contributed by atoms with E-state index in [0.717, 1.165) is 0 Å². The van der Waals surface area contributed by atoms with E-state index >= 15 is 0 Å². The number of rotatable bonds is 3. The van der Waals surface area contributed by atoms with Crippen LogP contribution in [0.5, 0.6) is 0 Å². The Morgan fingerprint density at radius 2 is 1.52 bits per heavy atom. The van der Waals surface area contributed by atoms with Gasteiger partial charge in [-0.25, -0.2) is 0 Å². The Bertz CT molecular complexity index is 817. The smallest absolute Gasteiger partial charge is 0.00993 e. The van der Waals surface area contributed by atoms with Crippen molar-refractivity contribution in [1.82, 2.24) is 0 Å². The predicted octanol–water partition coefficient (Wildman–Crippen LogP) is 6.01. The van der Waals surface area contributed by atoms with Crippen LogP contribution >= 0.6 is 0 Å². The van der Waals surface area contributed by atoms with E-state index in [1.807, 2.05) is 12.2 Å². The maximum atomic E-state index is 3.77. The molecule has 0 N–H and O–H groups in total. The molecule has 102 valence electrons. The molecule has 0 saturated heterocycles. The van der Waals surface area contributed by atoms with Crippen LogP contribution in [-0.2, 0) is 0 Å². The molecule has 0 aliphatic carbocycles. The van der Waals surface area contributed by atoms with Crippen LogP contribution in [-0.4, -0.2) is 0 Å². The third-order valence-electron chi connectivity index (χ3n) is 3.80. The van der Waals surface area contributed by atoms with Crippen molar-refractivity contribution in [3.05, 3.63) is 90.5 Å². The minimum Gasteiger partial charge on any atom is -0.0991 e. The number of hydrogen-bond donors (Lipinski definition) is 0. The lowest BCUT2D eigenvalue weighted by Gasteiger charge is -2.12. The minimum absolute atomic E-state index is 1.26. The van der Waals surface area contributed by atoms with Crippen LogP contribution in [0.1, 0.15) is 11.1 Å². The van der Waals surface area contributed by atoms with Gasteiger partial charge >= 0.3 is 0 Å². The van der Waals surface area contributed by atoms with E-state index in [4.69, 9.17) is 0 Å². The molecular weight excluding hydrogens is 252 g/mol. The number of allylic oxidation sites excluding steroid dienone is 2. The first-order chi connectivity index (χ1) is 10.3. The molecule has 0 radical (unpaired) electrons. The summed E-state index contributed by atoms with van der Waals surface area (Å²) in [5, 5.41) is 2.56. The van der Waals surface area contributed by atoms with Gasteiger partial charge in [-0.2, -0.15) is 0 Å². The second-order valence-electron chi connectivity index (χ2n) is 5.16. The summed E-state index contributed by atoms with van der Waals surface area (Å²) in [6.07, 6.45) is 5.95. The van der Waals surface area contributed by atoms with Crippen molar-refractivity contribution >= 4 is 16.8 Å². The Kier molecular flexibility index (Phi) is 3.70. The normalized spacial score (nSPS) is 11.1. The molecule has 0 aliphatic rings. The zero-order valence-corrected chi connectivity index (χ0v) is 12.2. The number of hydrogen-bond acceptors (Lipinski definition) is 0. The Morgan fingerprint density at radius 1 is 0.810 bits per heavy atom. The van der Waals surface area contributed by atoms with Crippen molar-refractivity contribution in [1.29, 1.82) is 0 Å². The van der Waals surface area contributed by atoms with Crippen LogP contribution in [0.2, 0.25) is 0 Å². The Labute approximate surface area is 126 Å². The fourth-order valence-corrected chi connectivity index (χ4v) is 2.76. The van der Waals surface area contributed by atoms with Gasteiger partial charge in [0.25, 0.3) is 0 Å². The lowest BCUT2D eigenvalue weighted by atomic mass is 9.92. The molecular formula is C21H18. The van der Waals surface area contributed by atoms with Gasteiger partial charge in [0.05, 0.1) is 0 Å². The zero-order valence-electron chi connectivity index (χ0n) is 12.2. The van der Waals surface area contributed by atoms with E-state index in [1.54, 1.807) is 0 Å². The molecule has 0 heterocycles. The van der Waals surface area contributed by atoms with Crippen molar-refractivity contribution in [2.45, 2.75) is 6.92 Å². The highest BCUT2D eigenvalue weighted by Gasteiger charge is 2.08. The molecule has 0 aliphatic heterocycles. The summed E-state index contributed by atoms with van der Waals surface area (Å²) < 4.78 is 0. The van der Waals surface area contributed by atoms with Gasteiger partial charge in [0.15, 0.2) is 0 Å². The zero-order chi connectivity index (χ0) is 14.7. The van der Waals surface area contributed by atoms with Crippen molar-refractivity contribution in [2.75, 3.05) is 0 Å². The maximum absolute atomic E-state index is 3.77. The Morgan fingerprint density at radius 3 is 2.38 bits per heavy atom. The average molecular weight is 270 g/mol. The van der Waals surface area contributed by atoms with E-state index in [9.17, 15) is 0 Å². The molecule has 3 aromatic rings. The molecule has 21 heavy (non-hydrogen) atoms. The molecule has 0 amide bonds. The second-order valence-corrected chi connectivity index (χ2v) is 5.16. The largest absolute Gasteiger partial charge is 0.0991 e. The summed E-state index contributed by atoms with van der Waals surface area (Å²) in [5.74, 6) is 0. The molecule has 0 unspecified atom stereocenters. The van der Waals surface area contributed by atoms with E-state index in [-0.39, 0.29) is 0 Å². The highest BCUT2D eigenvalue weighted by Crippen LogP contribution is 2.33. The molecule has 0 fully saturated rings. The van der Waals surface area contributed by atoms with Crippen molar-refractivity contribution in [3.63, 3.8) is 0 Å². The summed E-state index contributed by atoms with van der Waals surface area (Å²) in [4.78, 5) is 0. The van der Waals surface area contributed by atoms with Gasteiger partial charge in [0.2, 0.25) is 0 Å². The first-order valence-electron chi connectivity index (χ1n) is 7.18. The summed E-state index contributed by atoms with van der Waals surface area (Å²) >= 11 is 0. The van der Waals surface area contributed by atoms with Crippen LogP contribution in [0.3, 0.4) is 0 Å².